The normalized spacial score (nSPS) is 12.3. The number of hydrogen-bond acceptors (Lipinski definition) is 6. The van der Waals surface area contributed by atoms with Gasteiger partial charge in [-0.2, -0.15) is 0 Å². The first kappa shape index (κ1) is 39.2. The Labute approximate surface area is 328 Å². The molecule has 53 heavy (non-hydrogen) atoms. The van der Waals surface area contributed by atoms with Crippen LogP contribution in [0.5, 0.6) is 0 Å². The maximum Gasteiger partial charge on any atom is 2.00 e. The van der Waals surface area contributed by atoms with E-state index in [1.54, 1.807) is 0 Å². The van der Waals surface area contributed by atoms with E-state index >= 15 is 0 Å². The van der Waals surface area contributed by atoms with Crippen molar-refractivity contribution in [2.24, 2.45) is 0 Å². The number of hydrogen-bond donors (Lipinski definition) is 0. The smallest absolute Gasteiger partial charge is 0.541 e. The first-order valence-electron chi connectivity index (χ1n) is 18.9. The fraction of sp³-hybridized carbons (Fsp3) is 0.273. The van der Waals surface area contributed by atoms with Gasteiger partial charge in [0, 0.05) is 39.6 Å². The molecule has 9 heteroatoms. The topological polar surface area (TPSA) is 55.4 Å². The van der Waals surface area contributed by atoms with E-state index in [1.807, 2.05) is 41.5 Å². The van der Waals surface area contributed by atoms with Crippen LogP contribution in [0.3, 0.4) is 0 Å². The Kier molecular flexibility index (Phi) is 12.5. The molecule has 0 spiro atoms. The summed E-state index contributed by atoms with van der Waals surface area (Å²) >= 11 is 0. The molecule has 0 fully saturated rings. The van der Waals surface area contributed by atoms with Crippen molar-refractivity contribution >= 4 is 112 Å². The van der Waals surface area contributed by atoms with Crippen LogP contribution in [0.25, 0.3) is 64.6 Å². The van der Waals surface area contributed by atoms with Gasteiger partial charge in [0.15, 0.2) is 0 Å². The van der Waals surface area contributed by atoms with Crippen molar-refractivity contribution < 1.29 is 27.9 Å². The van der Waals surface area contributed by atoms with Crippen molar-refractivity contribution in [2.75, 3.05) is 39.6 Å². The van der Waals surface area contributed by atoms with Gasteiger partial charge in [0.25, 0.3) is 0 Å². The molecule has 0 atom stereocenters. The minimum Gasteiger partial charge on any atom is -0.541 e. The molecule has 0 heterocycles. The molecule has 8 aromatic carbocycles. The van der Waals surface area contributed by atoms with Crippen LogP contribution in [-0.4, -0.2) is 76.2 Å². The van der Waals surface area contributed by atoms with E-state index in [-0.39, 0.29) is 23.1 Å². The second-order valence-electron chi connectivity index (χ2n) is 13.0. The van der Waals surface area contributed by atoms with E-state index in [0.717, 1.165) is 21.7 Å². The van der Waals surface area contributed by atoms with Crippen molar-refractivity contribution in [3.05, 3.63) is 109 Å². The molecule has 0 amide bonds. The van der Waals surface area contributed by atoms with Gasteiger partial charge in [-0.1, -0.05) is 109 Å². The summed E-state index contributed by atoms with van der Waals surface area (Å²) in [5.41, 5.74) is 1.97. The minimum absolute atomic E-state index is 0. The summed E-state index contributed by atoms with van der Waals surface area (Å²) in [6.07, 6.45) is 0. The van der Waals surface area contributed by atoms with Crippen LogP contribution in [0.1, 0.15) is 41.5 Å². The fourth-order valence-corrected chi connectivity index (χ4v) is 8.28. The Morgan fingerprint density at radius 3 is 0.849 bits per heavy atom. The van der Waals surface area contributed by atoms with Crippen LogP contribution in [0, 0.1) is 0 Å². The molecule has 0 radical (unpaired) electrons. The molecule has 0 aromatic heterocycles. The van der Waals surface area contributed by atoms with E-state index in [4.69, 9.17) is 27.9 Å². The van der Waals surface area contributed by atoms with Crippen LogP contribution in [0.2, 0.25) is 0 Å². The van der Waals surface area contributed by atoms with Gasteiger partial charge in [0.2, 0.25) is 0 Å². The van der Waals surface area contributed by atoms with Crippen LogP contribution in [0.4, 0.5) is 0 Å². The van der Waals surface area contributed by atoms with Crippen LogP contribution in [-0.2, 0) is 27.9 Å². The summed E-state index contributed by atoms with van der Waals surface area (Å²) in [7, 11) is 0. The second-order valence-corrected chi connectivity index (χ2v) is 13.0. The first-order valence-corrected chi connectivity index (χ1v) is 18.9. The molecule has 8 aromatic rings. The summed E-state index contributed by atoms with van der Waals surface area (Å²) in [6.45, 7) is 11.1. The van der Waals surface area contributed by atoms with Crippen molar-refractivity contribution in [3.8, 4) is 0 Å². The summed E-state index contributed by atoms with van der Waals surface area (Å²) < 4.78 is 36.6. The van der Waals surface area contributed by atoms with Gasteiger partial charge in [0.05, 0.1) is 0 Å². The Morgan fingerprint density at radius 2 is 0.566 bits per heavy atom. The quantitative estimate of drug-likeness (QED) is 0.0826. The predicted molar refractivity (Wildman–Crippen MR) is 227 cm³/mol. The summed E-state index contributed by atoms with van der Waals surface area (Å²) in [4.78, 5) is 0. The average Bonchev–Trinajstić information content (AvgIpc) is 3.17. The monoisotopic (exact) mass is 718 g/mol. The van der Waals surface area contributed by atoms with Crippen molar-refractivity contribution in [1.82, 2.24) is 0 Å². The van der Waals surface area contributed by atoms with Crippen LogP contribution in [0.15, 0.2) is 109 Å². The fourth-order valence-electron chi connectivity index (χ4n) is 8.28. The molecule has 0 aliphatic heterocycles. The third-order valence-corrected chi connectivity index (χ3v) is 10.2. The Bertz CT molecular complexity index is 2200. The molecule has 0 saturated heterocycles. The van der Waals surface area contributed by atoms with Gasteiger partial charge in [-0.25, -0.2) is 0 Å². The van der Waals surface area contributed by atoms with Gasteiger partial charge < -0.3 is 27.9 Å². The second kappa shape index (κ2) is 16.9. The molecule has 0 unspecified atom stereocenters. The predicted octanol–water partition coefficient (Wildman–Crippen LogP) is 9.30. The van der Waals surface area contributed by atoms with E-state index in [1.165, 1.54) is 53.9 Å². The maximum atomic E-state index is 6.10. The molecule has 0 N–H and O–H groups in total. The molecule has 0 bridgehead atoms. The summed E-state index contributed by atoms with van der Waals surface area (Å²) in [6, 6.07) is 38.8. The SMILES string of the molecule is CCO[B-](OCC)(OCC)c1ccc2ccc3cccc4ccc1c2c34.CCO[B-](OCC)(OCC)c1ccc2ccc3cccc4ccc1c2c34.[Mg+2]. The zero-order valence-electron chi connectivity index (χ0n) is 31.9. The first-order chi connectivity index (χ1) is 25.5. The van der Waals surface area contributed by atoms with Gasteiger partial charge >= 0.3 is 36.6 Å². The number of benzene rings is 8. The summed E-state index contributed by atoms with van der Waals surface area (Å²) in [5, 5.41) is 14.8. The third kappa shape index (κ3) is 6.99. The van der Waals surface area contributed by atoms with Crippen molar-refractivity contribution in [2.45, 2.75) is 41.5 Å². The maximum absolute atomic E-state index is 6.10. The van der Waals surface area contributed by atoms with Gasteiger partial charge in [-0.15, -0.1) is 10.9 Å². The molecule has 8 rings (SSSR count). The van der Waals surface area contributed by atoms with Gasteiger partial charge in [-0.05, 0) is 106 Å². The Balaban J connectivity index is 0.000000178. The van der Waals surface area contributed by atoms with E-state index in [9.17, 15) is 0 Å². The average molecular weight is 719 g/mol. The van der Waals surface area contributed by atoms with Gasteiger partial charge in [-0.3, -0.25) is 0 Å². The number of rotatable bonds is 14. The third-order valence-electron chi connectivity index (χ3n) is 10.2. The Morgan fingerprint density at radius 1 is 0.321 bits per heavy atom. The largest absolute Gasteiger partial charge is 2.00 e. The molecular weight excluding hydrogens is 670 g/mol. The molecule has 6 nitrogen and oxygen atoms in total. The van der Waals surface area contributed by atoms with Gasteiger partial charge in [0.1, 0.15) is 0 Å². The van der Waals surface area contributed by atoms with Crippen LogP contribution < -0.4 is 10.9 Å². The summed E-state index contributed by atoms with van der Waals surface area (Å²) in [5.74, 6) is 0. The Hall–Kier alpha value is -3.50. The molecule has 0 aliphatic rings. The zero-order chi connectivity index (χ0) is 36.3. The van der Waals surface area contributed by atoms with E-state index in [2.05, 4.69) is 109 Å². The van der Waals surface area contributed by atoms with E-state index in [0.29, 0.717) is 39.6 Å². The van der Waals surface area contributed by atoms with E-state index < -0.39 is 13.5 Å². The standard InChI is InChI=1S/2C22H24BO3.Mg/c2*1-4-24-23(25-5-2,26-6-3)20-15-13-18-11-10-16-8-7-9-17-12-14-19(20)22(18)21(16)17;/h2*7-15H,4-6H2,1-3H3;/q2*-1;+2. The van der Waals surface area contributed by atoms with Crippen molar-refractivity contribution in [3.63, 3.8) is 0 Å². The molecular formula is C44H48B2MgO6. The molecule has 0 aliphatic carbocycles. The van der Waals surface area contributed by atoms with Crippen molar-refractivity contribution in [1.29, 1.82) is 0 Å². The van der Waals surface area contributed by atoms with Crippen LogP contribution >= 0.6 is 0 Å². The molecule has 268 valence electrons. The minimum atomic E-state index is -1.98. The zero-order valence-corrected chi connectivity index (χ0v) is 33.4. The molecule has 0 saturated carbocycles.